The molecule has 0 N–H and O–H groups in total. The molecule has 0 spiro atoms. The van der Waals surface area contributed by atoms with Crippen molar-refractivity contribution in [3.05, 3.63) is 75.4 Å². The van der Waals surface area contributed by atoms with E-state index in [1.165, 1.54) is 0 Å². The van der Waals surface area contributed by atoms with Gasteiger partial charge in [0.2, 0.25) is 5.88 Å². The van der Waals surface area contributed by atoms with E-state index < -0.39 is 0 Å². The molecule has 0 saturated carbocycles. The van der Waals surface area contributed by atoms with E-state index in [4.69, 9.17) is 45.7 Å². The van der Waals surface area contributed by atoms with E-state index in [2.05, 4.69) is 12.1 Å². The zero-order valence-corrected chi connectivity index (χ0v) is 16.5. The lowest BCUT2D eigenvalue weighted by molar-refractivity contribution is 0.351. The molecular formula is C20H19BCl2N2O2. The number of hydrogen-bond donors (Lipinski definition) is 0. The molecule has 0 saturated heterocycles. The molecule has 2 radical (unpaired) electrons. The van der Waals surface area contributed by atoms with Gasteiger partial charge in [-0.15, -0.1) is 0 Å². The summed E-state index contributed by atoms with van der Waals surface area (Å²) in [4.78, 5) is 0. The maximum absolute atomic E-state index is 6.19. The van der Waals surface area contributed by atoms with E-state index in [1.807, 2.05) is 29.8 Å². The van der Waals surface area contributed by atoms with E-state index in [0.717, 1.165) is 16.8 Å². The zero-order valence-electron chi connectivity index (χ0n) is 15.0. The van der Waals surface area contributed by atoms with E-state index in [9.17, 15) is 0 Å². The van der Waals surface area contributed by atoms with Gasteiger partial charge >= 0.3 is 0 Å². The zero-order chi connectivity index (χ0) is 19.2. The minimum absolute atomic E-state index is 0.380. The van der Waals surface area contributed by atoms with Crippen LogP contribution >= 0.6 is 23.2 Å². The topological polar surface area (TPSA) is 36.3 Å². The Kier molecular flexibility index (Phi) is 6.83. The van der Waals surface area contributed by atoms with Crippen LogP contribution in [0.3, 0.4) is 0 Å². The first kappa shape index (κ1) is 19.8. The largest absolute Gasteiger partial charge is 0.447 e. The van der Waals surface area contributed by atoms with Gasteiger partial charge in [0.05, 0.1) is 5.69 Å². The lowest BCUT2D eigenvalue weighted by Crippen LogP contribution is -2.01. The lowest BCUT2D eigenvalue weighted by Gasteiger charge is -2.11. The second-order valence-corrected chi connectivity index (χ2v) is 6.91. The van der Waals surface area contributed by atoms with Gasteiger partial charge in [0.15, 0.2) is 0 Å². The summed E-state index contributed by atoms with van der Waals surface area (Å²) in [6.45, 7) is 3.06. The van der Waals surface area contributed by atoms with Crippen LogP contribution < -0.4 is 4.74 Å². The predicted molar refractivity (Wildman–Crippen MR) is 109 cm³/mol. The smallest absolute Gasteiger partial charge is 0.282 e. The molecule has 0 aliphatic heterocycles. The van der Waals surface area contributed by atoms with Crippen molar-refractivity contribution in [2.75, 3.05) is 6.61 Å². The van der Waals surface area contributed by atoms with Gasteiger partial charge in [-0.25, -0.2) is 4.68 Å². The van der Waals surface area contributed by atoms with Gasteiger partial charge in [-0.2, -0.15) is 5.10 Å². The van der Waals surface area contributed by atoms with Gasteiger partial charge in [-0.05, 0) is 30.7 Å². The number of benzene rings is 2. The Bertz CT molecular complexity index is 880. The van der Waals surface area contributed by atoms with Crippen molar-refractivity contribution in [3.8, 4) is 11.6 Å². The Hall–Kier alpha value is -1.95. The van der Waals surface area contributed by atoms with Gasteiger partial charge < -0.3 is 9.39 Å². The van der Waals surface area contributed by atoms with Gasteiger partial charge in [0.1, 0.15) is 5.75 Å². The number of hydrogen-bond acceptors (Lipinski definition) is 3. The molecule has 0 unspecified atom stereocenters. The average Bonchev–Trinajstić information content (AvgIpc) is 2.96. The van der Waals surface area contributed by atoms with Crippen LogP contribution in [0.2, 0.25) is 10.0 Å². The first-order valence-electron chi connectivity index (χ1n) is 8.68. The second kappa shape index (κ2) is 9.31. The Morgan fingerprint density at radius 3 is 2.41 bits per heavy atom. The summed E-state index contributed by atoms with van der Waals surface area (Å²) in [6.07, 6.45) is 1.28. The first-order valence-corrected chi connectivity index (χ1v) is 9.44. The van der Waals surface area contributed by atoms with Crippen LogP contribution in [0.25, 0.3) is 0 Å². The SMILES string of the molecule is [B]OCCc1nn(CC)c(Oc2cc(Cl)cc(Cl)c2)c1Cc1ccccc1. The molecule has 0 atom stereocenters. The molecule has 4 nitrogen and oxygen atoms in total. The Morgan fingerprint density at radius 1 is 1.07 bits per heavy atom. The quantitative estimate of drug-likeness (QED) is 0.485. The summed E-state index contributed by atoms with van der Waals surface area (Å²) in [5, 5.41) is 5.72. The summed E-state index contributed by atoms with van der Waals surface area (Å²) in [5.74, 6) is 1.24. The minimum Gasteiger partial charge on any atom is -0.447 e. The summed E-state index contributed by atoms with van der Waals surface area (Å²) in [6, 6.07) is 15.3. The molecule has 3 rings (SSSR count). The minimum atomic E-state index is 0.380. The molecule has 0 aliphatic rings. The number of halogens is 2. The first-order chi connectivity index (χ1) is 13.1. The highest BCUT2D eigenvalue weighted by atomic mass is 35.5. The standard InChI is InChI=1S/C20H19BCl2N2O2/c1-2-25-20(27-17-12-15(22)11-16(23)13-17)18(19(24-25)8-9-26-21)10-14-6-4-3-5-7-14/h3-7,11-13H,2,8-10H2,1H3. The second-order valence-electron chi connectivity index (χ2n) is 6.04. The van der Waals surface area contributed by atoms with E-state index in [1.54, 1.807) is 18.2 Å². The van der Waals surface area contributed by atoms with Crippen LogP contribution in [-0.2, 0) is 24.0 Å². The third kappa shape index (κ3) is 5.07. The van der Waals surface area contributed by atoms with Crippen LogP contribution in [0.15, 0.2) is 48.5 Å². The molecule has 3 aromatic rings. The molecule has 27 heavy (non-hydrogen) atoms. The maximum Gasteiger partial charge on any atom is 0.282 e. The molecule has 0 aliphatic carbocycles. The third-order valence-electron chi connectivity index (χ3n) is 4.11. The van der Waals surface area contributed by atoms with Crippen molar-refractivity contribution in [1.29, 1.82) is 0 Å². The molecule has 7 heteroatoms. The molecule has 2 aromatic carbocycles. The van der Waals surface area contributed by atoms with Crippen molar-refractivity contribution >= 4 is 31.3 Å². The van der Waals surface area contributed by atoms with Gasteiger partial charge in [-0.3, -0.25) is 0 Å². The molecule has 1 aromatic heterocycles. The molecule has 0 bridgehead atoms. The fourth-order valence-electron chi connectivity index (χ4n) is 2.89. The fourth-order valence-corrected chi connectivity index (χ4v) is 3.40. The monoisotopic (exact) mass is 400 g/mol. The summed E-state index contributed by atoms with van der Waals surface area (Å²) in [7, 11) is 5.22. The van der Waals surface area contributed by atoms with Crippen molar-refractivity contribution in [2.24, 2.45) is 0 Å². The van der Waals surface area contributed by atoms with Crippen molar-refractivity contribution in [1.82, 2.24) is 9.78 Å². The number of rotatable bonds is 8. The third-order valence-corrected chi connectivity index (χ3v) is 4.55. The van der Waals surface area contributed by atoms with Crippen molar-refractivity contribution in [3.63, 3.8) is 0 Å². The summed E-state index contributed by atoms with van der Waals surface area (Å²) < 4.78 is 12.8. The van der Waals surface area contributed by atoms with Crippen LogP contribution in [0.1, 0.15) is 23.7 Å². The summed E-state index contributed by atoms with van der Waals surface area (Å²) >= 11 is 12.2. The molecule has 0 fully saturated rings. The number of nitrogens with zero attached hydrogens (tertiary/aromatic N) is 2. The Morgan fingerprint density at radius 2 is 1.78 bits per heavy atom. The Labute approximate surface area is 170 Å². The fraction of sp³-hybridized carbons (Fsp3) is 0.250. The van der Waals surface area contributed by atoms with E-state index >= 15 is 0 Å². The van der Waals surface area contributed by atoms with Crippen molar-refractivity contribution in [2.45, 2.75) is 26.3 Å². The van der Waals surface area contributed by atoms with Crippen LogP contribution in [-0.4, -0.2) is 24.4 Å². The number of aromatic nitrogens is 2. The Balaban J connectivity index is 2.02. The predicted octanol–water partition coefficient (Wildman–Crippen LogP) is 5.24. The molecular weight excluding hydrogens is 382 g/mol. The highest BCUT2D eigenvalue weighted by Gasteiger charge is 2.20. The van der Waals surface area contributed by atoms with Gasteiger partial charge in [0, 0.05) is 41.6 Å². The van der Waals surface area contributed by atoms with Gasteiger partial charge in [-0.1, -0.05) is 53.5 Å². The van der Waals surface area contributed by atoms with Crippen LogP contribution in [0.4, 0.5) is 0 Å². The van der Waals surface area contributed by atoms with Crippen molar-refractivity contribution < 1.29 is 9.39 Å². The maximum atomic E-state index is 6.19. The summed E-state index contributed by atoms with van der Waals surface area (Å²) in [5.41, 5.74) is 3.06. The molecule has 0 amide bonds. The highest BCUT2D eigenvalue weighted by molar-refractivity contribution is 6.34. The normalized spacial score (nSPS) is 10.9. The van der Waals surface area contributed by atoms with Crippen LogP contribution in [0.5, 0.6) is 11.6 Å². The molecule has 138 valence electrons. The highest BCUT2D eigenvalue weighted by Crippen LogP contribution is 2.33. The number of ether oxygens (including phenoxy) is 1. The van der Waals surface area contributed by atoms with Crippen LogP contribution in [0, 0.1) is 0 Å². The molecule has 1 heterocycles. The average molecular weight is 401 g/mol. The van der Waals surface area contributed by atoms with E-state index in [0.29, 0.717) is 47.7 Å². The van der Waals surface area contributed by atoms with E-state index in [-0.39, 0.29) is 0 Å². The lowest BCUT2D eigenvalue weighted by atomic mass is 10.0. The van der Waals surface area contributed by atoms with Gasteiger partial charge in [0.25, 0.3) is 8.05 Å². The number of aryl methyl sites for hydroxylation is 1.